The Kier molecular flexibility index (Phi) is 6.49. The predicted molar refractivity (Wildman–Crippen MR) is 120 cm³/mol. The Balaban J connectivity index is 1.44. The highest BCUT2D eigenvalue weighted by Gasteiger charge is 2.11. The molecule has 2 N–H and O–H groups in total. The summed E-state index contributed by atoms with van der Waals surface area (Å²) in [5.74, 6) is -0.421. The molecular weight excluding hydrogens is 428 g/mol. The maximum absolute atomic E-state index is 13.3. The Morgan fingerprint density at radius 3 is 2.42 bits per heavy atom. The fraction of sp³-hybridized carbons (Fsp3) is 0.0833. The van der Waals surface area contributed by atoms with Crippen LogP contribution in [0, 0.1) is 11.6 Å². The van der Waals surface area contributed by atoms with Crippen LogP contribution in [0.3, 0.4) is 0 Å². The van der Waals surface area contributed by atoms with E-state index in [-0.39, 0.29) is 5.69 Å². The summed E-state index contributed by atoms with van der Waals surface area (Å²) >= 11 is 0. The van der Waals surface area contributed by atoms with Gasteiger partial charge in [-0.1, -0.05) is 6.92 Å². The third kappa shape index (κ3) is 5.45. The summed E-state index contributed by atoms with van der Waals surface area (Å²) in [7, 11) is 0. The maximum Gasteiger partial charge on any atom is 0.323 e. The van der Waals surface area contributed by atoms with E-state index in [0.29, 0.717) is 29.4 Å². The lowest BCUT2D eigenvalue weighted by atomic mass is 10.2. The molecule has 9 heteroatoms. The lowest BCUT2D eigenvalue weighted by Gasteiger charge is -2.11. The first-order chi connectivity index (χ1) is 16.0. The predicted octanol–water partition coefficient (Wildman–Crippen LogP) is 5.82. The summed E-state index contributed by atoms with van der Waals surface area (Å²) in [6.07, 6.45) is 4.03. The molecule has 2 aromatic heterocycles. The number of carbonyl (C=O) groups excluding carboxylic acids is 1. The van der Waals surface area contributed by atoms with Gasteiger partial charge in [0.25, 0.3) is 0 Å². The van der Waals surface area contributed by atoms with E-state index in [1.165, 1.54) is 6.07 Å². The van der Waals surface area contributed by atoms with E-state index >= 15 is 0 Å². The van der Waals surface area contributed by atoms with Gasteiger partial charge >= 0.3 is 6.03 Å². The highest BCUT2D eigenvalue weighted by atomic mass is 19.2. The molecule has 4 rings (SSSR count). The molecule has 0 spiro atoms. The van der Waals surface area contributed by atoms with E-state index in [2.05, 4.69) is 25.6 Å². The van der Waals surface area contributed by atoms with E-state index in [9.17, 15) is 13.6 Å². The van der Waals surface area contributed by atoms with Gasteiger partial charge in [0.2, 0.25) is 5.88 Å². The van der Waals surface area contributed by atoms with Crippen molar-refractivity contribution < 1.29 is 18.3 Å². The largest absolute Gasteiger partial charge is 0.438 e. The first-order valence-electron chi connectivity index (χ1n) is 10.1. The van der Waals surface area contributed by atoms with Crippen LogP contribution in [-0.2, 0) is 6.42 Å². The molecule has 0 unspecified atom stereocenters. The van der Waals surface area contributed by atoms with Gasteiger partial charge in [0.1, 0.15) is 11.6 Å². The second kappa shape index (κ2) is 9.82. The van der Waals surface area contributed by atoms with Gasteiger partial charge in [0.15, 0.2) is 11.6 Å². The number of rotatable bonds is 6. The summed E-state index contributed by atoms with van der Waals surface area (Å²) < 4.78 is 32.2. The molecule has 7 nitrogen and oxygen atoms in total. The molecule has 2 aromatic carbocycles. The summed E-state index contributed by atoms with van der Waals surface area (Å²) in [6, 6.07) is 14.6. The third-order valence-corrected chi connectivity index (χ3v) is 4.57. The molecule has 0 aliphatic rings. The lowest BCUT2D eigenvalue weighted by molar-refractivity contribution is 0.262. The number of benzene rings is 2. The number of amides is 2. The SMILES string of the molecule is CCc1nccc(-c2cccnc2Oc2ccc(NC(=O)Nc3ccc(F)c(F)c3)cc2)n1. The van der Waals surface area contributed by atoms with Gasteiger partial charge in [0.05, 0.1) is 11.3 Å². The van der Waals surface area contributed by atoms with E-state index in [4.69, 9.17) is 4.74 Å². The zero-order chi connectivity index (χ0) is 23.2. The van der Waals surface area contributed by atoms with Crippen LogP contribution in [0.2, 0.25) is 0 Å². The minimum atomic E-state index is -1.05. The van der Waals surface area contributed by atoms with Gasteiger partial charge in [-0.05, 0) is 54.6 Å². The van der Waals surface area contributed by atoms with Crippen molar-refractivity contribution in [3.8, 4) is 22.9 Å². The minimum Gasteiger partial charge on any atom is -0.438 e. The Morgan fingerprint density at radius 2 is 1.67 bits per heavy atom. The number of urea groups is 1. The normalized spacial score (nSPS) is 10.5. The fourth-order valence-electron chi connectivity index (χ4n) is 2.97. The van der Waals surface area contributed by atoms with E-state index in [1.54, 1.807) is 48.8 Å². The summed E-state index contributed by atoms with van der Waals surface area (Å²) in [5.41, 5.74) is 2.04. The van der Waals surface area contributed by atoms with Crippen molar-refractivity contribution >= 4 is 17.4 Å². The molecule has 166 valence electrons. The molecule has 2 heterocycles. The van der Waals surface area contributed by atoms with Crippen molar-refractivity contribution in [1.29, 1.82) is 0 Å². The first kappa shape index (κ1) is 21.8. The van der Waals surface area contributed by atoms with Crippen LogP contribution in [-0.4, -0.2) is 21.0 Å². The number of anilines is 2. The Labute approximate surface area is 188 Å². The zero-order valence-corrected chi connectivity index (χ0v) is 17.5. The highest BCUT2D eigenvalue weighted by molar-refractivity contribution is 5.99. The molecule has 4 aromatic rings. The van der Waals surface area contributed by atoms with Gasteiger partial charge in [-0.2, -0.15) is 0 Å². The molecule has 0 fully saturated rings. The van der Waals surface area contributed by atoms with Crippen LogP contribution in [0.1, 0.15) is 12.7 Å². The standard InChI is InChI=1S/C24H19F2N5O2/c1-2-22-27-13-11-21(31-22)18-4-3-12-28-23(18)33-17-8-5-15(6-9-17)29-24(32)30-16-7-10-19(25)20(26)14-16/h3-14H,2H2,1H3,(H2,29,30,32). The van der Waals surface area contributed by atoms with Crippen molar-refractivity contribution in [2.45, 2.75) is 13.3 Å². The van der Waals surface area contributed by atoms with Crippen molar-refractivity contribution in [1.82, 2.24) is 15.0 Å². The zero-order valence-electron chi connectivity index (χ0n) is 17.5. The van der Waals surface area contributed by atoms with Crippen molar-refractivity contribution in [2.75, 3.05) is 10.6 Å². The van der Waals surface area contributed by atoms with Crippen molar-refractivity contribution in [3.63, 3.8) is 0 Å². The first-order valence-corrected chi connectivity index (χ1v) is 10.1. The number of nitrogens with one attached hydrogen (secondary N) is 2. The monoisotopic (exact) mass is 447 g/mol. The highest BCUT2D eigenvalue weighted by Crippen LogP contribution is 2.30. The van der Waals surface area contributed by atoms with Crippen LogP contribution < -0.4 is 15.4 Å². The van der Waals surface area contributed by atoms with E-state index < -0.39 is 17.7 Å². The molecule has 0 saturated carbocycles. The van der Waals surface area contributed by atoms with E-state index in [0.717, 1.165) is 23.5 Å². The number of halogens is 2. The maximum atomic E-state index is 13.3. The molecule has 0 aliphatic heterocycles. The summed E-state index contributed by atoms with van der Waals surface area (Å²) in [5, 5.41) is 5.05. The number of hydrogen-bond acceptors (Lipinski definition) is 5. The number of hydrogen-bond donors (Lipinski definition) is 2. The topological polar surface area (TPSA) is 89.0 Å². The Bertz CT molecular complexity index is 1280. The molecular formula is C24H19F2N5O2. The molecule has 0 radical (unpaired) electrons. The second-order valence-corrected chi connectivity index (χ2v) is 6.90. The van der Waals surface area contributed by atoms with Gasteiger partial charge in [-0.15, -0.1) is 0 Å². The number of pyridine rings is 1. The molecule has 0 atom stereocenters. The third-order valence-electron chi connectivity index (χ3n) is 4.57. The number of aromatic nitrogens is 3. The van der Waals surface area contributed by atoms with Gasteiger partial charge < -0.3 is 15.4 Å². The number of ether oxygens (including phenoxy) is 1. The Morgan fingerprint density at radius 1 is 0.909 bits per heavy atom. The Hall–Kier alpha value is -4.40. The number of aryl methyl sites for hydroxylation is 1. The average Bonchev–Trinajstić information content (AvgIpc) is 2.83. The smallest absolute Gasteiger partial charge is 0.323 e. The molecule has 0 saturated heterocycles. The van der Waals surface area contributed by atoms with Crippen LogP contribution in [0.4, 0.5) is 25.0 Å². The van der Waals surface area contributed by atoms with Gasteiger partial charge in [0, 0.05) is 36.3 Å². The molecule has 0 aliphatic carbocycles. The fourth-order valence-corrected chi connectivity index (χ4v) is 2.97. The van der Waals surface area contributed by atoms with Crippen molar-refractivity contribution in [2.24, 2.45) is 0 Å². The van der Waals surface area contributed by atoms with Crippen LogP contribution >= 0.6 is 0 Å². The molecule has 33 heavy (non-hydrogen) atoms. The number of carbonyl (C=O) groups is 1. The van der Waals surface area contributed by atoms with Crippen LogP contribution in [0.5, 0.6) is 11.6 Å². The molecule has 0 bridgehead atoms. The van der Waals surface area contributed by atoms with Crippen LogP contribution in [0.15, 0.2) is 73.1 Å². The second-order valence-electron chi connectivity index (χ2n) is 6.90. The van der Waals surface area contributed by atoms with Crippen molar-refractivity contribution in [3.05, 3.63) is 90.5 Å². The lowest BCUT2D eigenvalue weighted by Crippen LogP contribution is -2.19. The van der Waals surface area contributed by atoms with Gasteiger partial charge in [-0.25, -0.2) is 28.5 Å². The van der Waals surface area contributed by atoms with E-state index in [1.807, 2.05) is 13.0 Å². The molecule has 2 amide bonds. The summed E-state index contributed by atoms with van der Waals surface area (Å²) in [6.45, 7) is 1.98. The van der Waals surface area contributed by atoms with Crippen LogP contribution in [0.25, 0.3) is 11.3 Å². The number of nitrogens with zero attached hydrogens (tertiary/aromatic N) is 3. The average molecular weight is 447 g/mol. The van der Waals surface area contributed by atoms with Gasteiger partial charge in [-0.3, -0.25) is 0 Å². The summed E-state index contributed by atoms with van der Waals surface area (Å²) in [4.78, 5) is 25.2. The quantitative estimate of drug-likeness (QED) is 0.389. The minimum absolute atomic E-state index is 0.130.